The number of rotatable bonds is 2. The van der Waals surface area contributed by atoms with Crippen molar-refractivity contribution in [3.8, 4) is 22.4 Å². The molecule has 0 amide bonds. The second-order valence-electron chi connectivity index (χ2n) is 9.75. The van der Waals surface area contributed by atoms with E-state index in [1.165, 1.54) is 58.6 Å². The van der Waals surface area contributed by atoms with Gasteiger partial charge in [0, 0.05) is 26.3 Å². The molecular formula is C32H26N2S. The number of aromatic nitrogens is 2. The molecule has 0 saturated heterocycles. The largest absolute Gasteiger partial charge is 0.252 e. The standard InChI is InChI=1S/C32H26N2S/c1-3-10-22(11-4-1)24-12-9-14-27-31(24)33-21-28(34-27)23-16-17-30-26(20-23)32(18-7-2-8-19-32)25-13-5-6-15-29(25)35-30/h1,3-6,9-17,20-21H,2,7-8,18-19H2. The molecule has 4 aromatic carbocycles. The molecule has 5 aromatic rings. The van der Waals surface area contributed by atoms with E-state index in [0.717, 1.165) is 27.9 Å². The third kappa shape index (κ3) is 3.41. The molecule has 35 heavy (non-hydrogen) atoms. The van der Waals surface area contributed by atoms with Gasteiger partial charge in [-0.25, -0.2) is 4.98 Å². The van der Waals surface area contributed by atoms with Crippen LogP contribution in [0.25, 0.3) is 33.4 Å². The van der Waals surface area contributed by atoms with E-state index in [4.69, 9.17) is 9.97 Å². The molecule has 7 rings (SSSR count). The first kappa shape index (κ1) is 20.9. The van der Waals surface area contributed by atoms with Crippen molar-refractivity contribution < 1.29 is 0 Å². The summed E-state index contributed by atoms with van der Waals surface area (Å²) < 4.78 is 0. The lowest BCUT2D eigenvalue weighted by molar-refractivity contribution is 0.335. The van der Waals surface area contributed by atoms with Crippen molar-refractivity contribution in [2.75, 3.05) is 0 Å². The zero-order chi connectivity index (χ0) is 23.2. The first-order chi connectivity index (χ1) is 17.3. The van der Waals surface area contributed by atoms with Gasteiger partial charge >= 0.3 is 0 Å². The Balaban J connectivity index is 1.35. The van der Waals surface area contributed by atoms with Gasteiger partial charge in [0.25, 0.3) is 0 Å². The van der Waals surface area contributed by atoms with E-state index in [2.05, 4.69) is 84.9 Å². The highest BCUT2D eigenvalue weighted by Crippen LogP contribution is 2.55. The van der Waals surface area contributed by atoms with Crippen molar-refractivity contribution in [2.24, 2.45) is 0 Å². The van der Waals surface area contributed by atoms with Crippen LogP contribution in [0.3, 0.4) is 0 Å². The fraction of sp³-hybridized carbons (Fsp3) is 0.188. The number of benzene rings is 4. The summed E-state index contributed by atoms with van der Waals surface area (Å²) in [4.78, 5) is 12.8. The van der Waals surface area contributed by atoms with Crippen molar-refractivity contribution in [2.45, 2.75) is 47.3 Å². The van der Waals surface area contributed by atoms with Crippen molar-refractivity contribution in [1.29, 1.82) is 0 Å². The highest BCUT2D eigenvalue weighted by atomic mass is 32.2. The fourth-order valence-electron chi connectivity index (χ4n) is 6.09. The summed E-state index contributed by atoms with van der Waals surface area (Å²) in [7, 11) is 0. The molecule has 1 aliphatic heterocycles. The lowest BCUT2D eigenvalue weighted by Gasteiger charge is -2.43. The molecule has 3 heteroatoms. The van der Waals surface area contributed by atoms with Crippen LogP contribution < -0.4 is 0 Å². The maximum atomic E-state index is 5.09. The Morgan fingerprint density at radius 2 is 1.46 bits per heavy atom. The minimum Gasteiger partial charge on any atom is -0.252 e. The molecule has 1 aliphatic carbocycles. The highest BCUT2D eigenvalue weighted by Gasteiger charge is 2.41. The number of nitrogens with zero attached hydrogens (tertiary/aromatic N) is 2. The Kier molecular flexibility index (Phi) is 4.99. The van der Waals surface area contributed by atoms with Crippen molar-refractivity contribution in [3.05, 3.63) is 108 Å². The van der Waals surface area contributed by atoms with E-state index in [-0.39, 0.29) is 5.41 Å². The summed E-state index contributed by atoms with van der Waals surface area (Å²) in [5.74, 6) is 0. The van der Waals surface area contributed by atoms with E-state index in [1.807, 2.05) is 24.0 Å². The maximum Gasteiger partial charge on any atom is 0.0965 e. The lowest BCUT2D eigenvalue weighted by atomic mass is 9.65. The minimum absolute atomic E-state index is 0.121. The van der Waals surface area contributed by atoms with Gasteiger partial charge in [-0.1, -0.05) is 97.8 Å². The predicted octanol–water partition coefficient (Wildman–Crippen LogP) is 8.68. The van der Waals surface area contributed by atoms with Gasteiger partial charge in [-0.2, -0.15) is 0 Å². The average molecular weight is 471 g/mol. The zero-order valence-electron chi connectivity index (χ0n) is 19.6. The number of fused-ring (bicyclic) bond motifs is 5. The molecule has 2 aliphatic rings. The smallest absolute Gasteiger partial charge is 0.0965 e. The monoisotopic (exact) mass is 470 g/mol. The fourth-order valence-corrected chi connectivity index (χ4v) is 7.35. The molecule has 0 N–H and O–H groups in total. The molecule has 170 valence electrons. The second-order valence-corrected chi connectivity index (χ2v) is 10.8. The Bertz CT molecular complexity index is 1550. The van der Waals surface area contributed by atoms with E-state index in [9.17, 15) is 0 Å². The van der Waals surface area contributed by atoms with Gasteiger partial charge in [-0.15, -0.1) is 0 Å². The van der Waals surface area contributed by atoms with E-state index < -0.39 is 0 Å². The lowest BCUT2D eigenvalue weighted by Crippen LogP contribution is -2.33. The summed E-state index contributed by atoms with van der Waals surface area (Å²) in [5.41, 5.74) is 9.42. The van der Waals surface area contributed by atoms with Gasteiger partial charge in [-0.3, -0.25) is 4.98 Å². The van der Waals surface area contributed by atoms with E-state index in [1.54, 1.807) is 0 Å². The SMILES string of the molecule is c1ccc(-c2cccc3nc(-c4ccc5c(c4)C4(CCCCC4)c4ccccc4S5)cnc23)cc1. The molecule has 0 radical (unpaired) electrons. The summed E-state index contributed by atoms with van der Waals surface area (Å²) in [6.07, 6.45) is 8.33. The second kappa shape index (κ2) is 8.35. The molecule has 2 nitrogen and oxygen atoms in total. The molecular weight excluding hydrogens is 444 g/mol. The summed E-state index contributed by atoms with van der Waals surface area (Å²) in [6.45, 7) is 0. The molecule has 2 heterocycles. The predicted molar refractivity (Wildman–Crippen MR) is 145 cm³/mol. The van der Waals surface area contributed by atoms with Gasteiger partial charge in [0.15, 0.2) is 0 Å². The van der Waals surface area contributed by atoms with Crippen LogP contribution in [0.5, 0.6) is 0 Å². The maximum absolute atomic E-state index is 5.09. The van der Waals surface area contributed by atoms with Crippen molar-refractivity contribution in [3.63, 3.8) is 0 Å². The van der Waals surface area contributed by atoms with Crippen LogP contribution in [-0.4, -0.2) is 9.97 Å². The zero-order valence-corrected chi connectivity index (χ0v) is 20.4. The molecule has 0 unspecified atom stereocenters. The number of para-hydroxylation sites is 1. The van der Waals surface area contributed by atoms with Gasteiger partial charge in [0.05, 0.1) is 22.9 Å². The van der Waals surface area contributed by atoms with Gasteiger partial charge in [-0.05, 0) is 53.8 Å². The first-order valence-corrected chi connectivity index (χ1v) is 13.4. The molecule has 0 bridgehead atoms. The van der Waals surface area contributed by atoms with Crippen LogP contribution in [-0.2, 0) is 5.41 Å². The molecule has 1 aromatic heterocycles. The van der Waals surface area contributed by atoms with Crippen LogP contribution in [0.2, 0.25) is 0 Å². The quantitative estimate of drug-likeness (QED) is 0.258. The van der Waals surface area contributed by atoms with Gasteiger partial charge in [0.1, 0.15) is 0 Å². The van der Waals surface area contributed by atoms with Crippen LogP contribution in [0.4, 0.5) is 0 Å². The Morgan fingerprint density at radius 1 is 0.657 bits per heavy atom. The van der Waals surface area contributed by atoms with E-state index >= 15 is 0 Å². The van der Waals surface area contributed by atoms with Crippen molar-refractivity contribution >= 4 is 22.8 Å². The minimum atomic E-state index is 0.121. The topological polar surface area (TPSA) is 25.8 Å². The third-order valence-corrected chi connectivity index (χ3v) is 8.93. The Labute approximate surface area is 210 Å². The molecule has 1 saturated carbocycles. The van der Waals surface area contributed by atoms with Gasteiger partial charge in [0.2, 0.25) is 0 Å². The number of hydrogen-bond acceptors (Lipinski definition) is 3. The van der Waals surface area contributed by atoms with Crippen LogP contribution in [0, 0.1) is 0 Å². The van der Waals surface area contributed by atoms with E-state index in [0.29, 0.717) is 0 Å². The summed E-state index contributed by atoms with van der Waals surface area (Å²) >= 11 is 1.92. The molecule has 1 fully saturated rings. The average Bonchev–Trinajstić information content (AvgIpc) is 2.93. The van der Waals surface area contributed by atoms with Gasteiger partial charge < -0.3 is 0 Å². The Hall–Kier alpha value is -3.43. The third-order valence-electron chi connectivity index (χ3n) is 7.78. The summed E-state index contributed by atoms with van der Waals surface area (Å²) in [6, 6.07) is 32.8. The number of hydrogen-bond donors (Lipinski definition) is 0. The summed E-state index contributed by atoms with van der Waals surface area (Å²) in [5, 5.41) is 0. The normalized spacial score (nSPS) is 16.1. The van der Waals surface area contributed by atoms with Crippen LogP contribution in [0.15, 0.2) is 107 Å². The molecule has 0 atom stereocenters. The van der Waals surface area contributed by atoms with Crippen LogP contribution >= 0.6 is 11.8 Å². The van der Waals surface area contributed by atoms with Crippen molar-refractivity contribution in [1.82, 2.24) is 9.97 Å². The first-order valence-electron chi connectivity index (χ1n) is 12.6. The highest BCUT2D eigenvalue weighted by molar-refractivity contribution is 7.99. The Morgan fingerprint density at radius 3 is 2.34 bits per heavy atom. The van der Waals surface area contributed by atoms with Crippen LogP contribution in [0.1, 0.15) is 43.2 Å². The molecule has 1 spiro atoms.